The van der Waals surface area contributed by atoms with E-state index in [0.717, 1.165) is 23.4 Å². The van der Waals surface area contributed by atoms with Gasteiger partial charge in [0.2, 0.25) is 0 Å². The van der Waals surface area contributed by atoms with Gasteiger partial charge in [0, 0.05) is 6.20 Å². The van der Waals surface area contributed by atoms with Crippen molar-refractivity contribution in [2.45, 2.75) is 19.9 Å². The summed E-state index contributed by atoms with van der Waals surface area (Å²) in [7, 11) is 0. The summed E-state index contributed by atoms with van der Waals surface area (Å²) in [4.78, 5) is 4.48. The Bertz CT molecular complexity index is 570. The average molecular weight is 295 g/mol. The van der Waals surface area contributed by atoms with E-state index in [1.807, 2.05) is 31.2 Å². The SMILES string of the molecule is CCNC(c1cccc(Cl)c1Cl)c1ncccc1C. The highest BCUT2D eigenvalue weighted by molar-refractivity contribution is 6.42. The van der Waals surface area contributed by atoms with Gasteiger partial charge in [0.05, 0.1) is 21.8 Å². The van der Waals surface area contributed by atoms with Crippen LogP contribution >= 0.6 is 23.2 Å². The summed E-state index contributed by atoms with van der Waals surface area (Å²) < 4.78 is 0. The Kier molecular flexibility index (Phi) is 4.81. The van der Waals surface area contributed by atoms with Crippen LogP contribution < -0.4 is 5.32 Å². The zero-order valence-electron chi connectivity index (χ0n) is 11.0. The van der Waals surface area contributed by atoms with Crippen molar-refractivity contribution in [3.63, 3.8) is 0 Å². The molecule has 0 fully saturated rings. The van der Waals surface area contributed by atoms with Crippen LogP contribution in [0.15, 0.2) is 36.5 Å². The van der Waals surface area contributed by atoms with E-state index in [-0.39, 0.29) is 6.04 Å². The average Bonchev–Trinajstić information content (AvgIpc) is 2.41. The van der Waals surface area contributed by atoms with E-state index >= 15 is 0 Å². The summed E-state index contributed by atoms with van der Waals surface area (Å²) in [5.74, 6) is 0. The summed E-state index contributed by atoms with van der Waals surface area (Å²) in [5.41, 5.74) is 3.07. The number of halogens is 2. The van der Waals surface area contributed by atoms with Gasteiger partial charge < -0.3 is 5.32 Å². The van der Waals surface area contributed by atoms with Crippen LogP contribution in [0.5, 0.6) is 0 Å². The number of nitrogens with zero attached hydrogens (tertiary/aromatic N) is 1. The molecule has 1 N–H and O–H groups in total. The third kappa shape index (κ3) is 3.08. The molecule has 0 aliphatic rings. The quantitative estimate of drug-likeness (QED) is 0.904. The fourth-order valence-corrected chi connectivity index (χ4v) is 2.52. The Morgan fingerprint density at radius 2 is 2.00 bits per heavy atom. The second kappa shape index (κ2) is 6.38. The van der Waals surface area contributed by atoms with Crippen LogP contribution in [0.3, 0.4) is 0 Å². The lowest BCUT2D eigenvalue weighted by atomic mass is 10.00. The molecule has 2 aromatic rings. The number of hydrogen-bond acceptors (Lipinski definition) is 2. The molecule has 1 unspecified atom stereocenters. The van der Waals surface area contributed by atoms with Gasteiger partial charge in [-0.2, -0.15) is 0 Å². The van der Waals surface area contributed by atoms with Crippen molar-refractivity contribution >= 4 is 23.2 Å². The zero-order valence-corrected chi connectivity index (χ0v) is 12.5. The third-order valence-corrected chi connectivity index (χ3v) is 3.86. The van der Waals surface area contributed by atoms with E-state index < -0.39 is 0 Å². The van der Waals surface area contributed by atoms with E-state index in [1.165, 1.54) is 0 Å². The molecule has 1 atom stereocenters. The van der Waals surface area contributed by atoms with E-state index in [9.17, 15) is 0 Å². The minimum absolute atomic E-state index is 0.0441. The van der Waals surface area contributed by atoms with Crippen molar-refractivity contribution < 1.29 is 0 Å². The summed E-state index contributed by atoms with van der Waals surface area (Å²) in [5, 5.41) is 4.57. The number of nitrogens with one attached hydrogen (secondary N) is 1. The van der Waals surface area contributed by atoms with Gasteiger partial charge in [-0.05, 0) is 36.7 Å². The van der Waals surface area contributed by atoms with Crippen LogP contribution in [0, 0.1) is 6.92 Å². The fourth-order valence-electron chi connectivity index (χ4n) is 2.10. The maximum absolute atomic E-state index is 6.33. The normalized spacial score (nSPS) is 12.4. The maximum Gasteiger partial charge on any atom is 0.0769 e. The molecule has 19 heavy (non-hydrogen) atoms. The molecule has 0 aliphatic heterocycles. The fraction of sp³-hybridized carbons (Fsp3) is 0.267. The predicted octanol–water partition coefficient (Wildman–Crippen LogP) is 4.40. The molecule has 1 aromatic heterocycles. The second-order valence-electron chi connectivity index (χ2n) is 4.34. The third-order valence-electron chi connectivity index (χ3n) is 3.02. The number of hydrogen-bond donors (Lipinski definition) is 1. The van der Waals surface area contributed by atoms with E-state index in [0.29, 0.717) is 10.0 Å². The first kappa shape index (κ1) is 14.3. The first-order valence-electron chi connectivity index (χ1n) is 6.24. The smallest absolute Gasteiger partial charge is 0.0769 e. The highest BCUT2D eigenvalue weighted by Crippen LogP contribution is 2.33. The van der Waals surface area contributed by atoms with Gasteiger partial charge in [0.15, 0.2) is 0 Å². The van der Waals surface area contributed by atoms with Gasteiger partial charge in [-0.3, -0.25) is 4.98 Å². The largest absolute Gasteiger partial charge is 0.305 e. The lowest BCUT2D eigenvalue weighted by Gasteiger charge is -2.21. The summed E-state index contributed by atoms with van der Waals surface area (Å²) >= 11 is 12.4. The van der Waals surface area contributed by atoms with Crippen LogP contribution in [-0.4, -0.2) is 11.5 Å². The van der Waals surface area contributed by atoms with Crippen molar-refractivity contribution in [3.8, 4) is 0 Å². The molecular formula is C15H16Cl2N2. The standard InChI is InChI=1S/C15H16Cl2N2/c1-3-18-15(14-10(2)6-5-9-19-14)11-7-4-8-12(16)13(11)17/h4-9,15,18H,3H2,1-2H3. The van der Waals surface area contributed by atoms with Crippen LogP contribution in [0.4, 0.5) is 0 Å². The summed E-state index contributed by atoms with van der Waals surface area (Å²) in [6, 6.07) is 9.62. The molecule has 1 heterocycles. The van der Waals surface area contributed by atoms with E-state index in [4.69, 9.17) is 23.2 Å². The Morgan fingerprint density at radius 1 is 1.21 bits per heavy atom. The number of aryl methyl sites for hydroxylation is 1. The zero-order chi connectivity index (χ0) is 13.8. The van der Waals surface area contributed by atoms with Crippen molar-refractivity contribution in [3.05, 3.63) is 63.4 Å². The van der Waals surface area contributed by atoms with Gasteiger partial charge in [-0.25, -0.2) is 0 Å². The second-order valence-corrected chi connectivity index (χ2v) is 5.12. The van der Waals surface area contributed by atoms with Crippen molar-refractivity contribution in [1.29, 1.82) is 0 Å². The number of rotatable bonds is 4. The first-order chi connectivity index (χ1) is 9.15. The van der Waals surface area contributed by atoms with Crippen molar-refractivity contribution in [1.82, 2.24) is 10.3 Å². The highest BCUT2D eigenvalue weighted by atomic mass is 35.5. The molecule has 100 valence electrons. The van der Waals surface area contributed by atoms with Gasteiger partial charge in [0.25, 0.3) is 0 Å². The molecule has 0 bridgehead atoms. The Balaban J connectivity index is 2.52. The minimum atomic E-state index is -0.0441. The molecule has 0 saturated heterocycles. The van der Waals surface area contributed by atoms with Crippen LogP contribution in [-0.2, 0) is 0 Å². The Morgan fingerprint density at radius 3 is 2.68 bits per heavy atom. The Labute approximate surface area is 123 Å². The predicted molar refractivity (Wildman–Crippen MR) is 81.0 cm³/mol. The number of benzene rings is 1. The molecular weight excluding hydrogens is 279 g/mol. The maximum atomic E-state index is 6.33. The van der Waals surface area contributed by atoms with Crippen molar-refractivity contribution in [2.24, 2.45) is 0 Å². The monoisotopic (exact) mass is 294 g/mol. The van der Waals surface area contributed by atoms with Gasteiger partial charge in [-0.1, -0.05) is 48.3 Å². The van der Waals surface area contributed by atoms with Crippen LogP contribution in [0.25, 0.3) is 0 Å². The molecule has 0 amide bonds. The van der Waals surface area contributed by atoms with E-state index in [2.05, 4.69) is 17.2 Å². The van der Waals surface area contributed by atoms with Gasteiger partial charge in [-0.15, -0.1) is 0 Å². The van der Waals surface area contributed by atoms with E-state index in [1.54, 1.807) is 12.3 Å². The molecule has 2 rings (SSSR count). The topological polar surface area (TPSA) is 24.9 Å². The molecule has 0 aliphatic carbocycles. The number of pyridine rings is 1. The molecule has 4 heteroatoms. The molecule has 0 saturated carbocycles. The number of aromatic nitrogens is 1. The summed E-state index contributed by atoms with van der Waals surface area (Å²) in [6.07, 6.45) is 1.80. The van der Waals surface area contributed by atoms with Crippen LogP contribution in [0.2, 0.25) is 10.0 Å². The first-order valence-corrected chi connectivity index (χ1v) is 6.99. The summed E-state index contributed by atoms with van der Waals surface area (Å²) in [6.45, 7) is 4.93. The Hall–Kier alpha value is -1.09. The molecule has 0 spiro atoms. The lowest BCUT2D eigenvalue weighted by Crippen LogP contribution is -2.24. The molecule has 1 aromatic carbocycles. The van der Waals surface area contributed by atoms with Gasteiger partial charge >= 0.3 is 0 Å². The minimum Gasteiger partial charge on any atom is -0.305 e. The lowest BCUT2D eigenvalue weighted by molar-refractivity contribution is 0.612. The van der Waals surface area contributed by atoms with Crippen molar-refractivity contribution in [2.75, 3.05) is 6.54 Å². The molecule has 2 nitrogen and oxygen atoms in total. The highest BCUT2D eigenvalue weighted by Gasteiger charge is 2.20. The molecule has 0 radical (unpaired) electrons. The van der Waals surface area contributed by atoms with Crippen LogP contribution in [0.1, 0.15) is 29.8 Å². The van der Waals surface area contributed by atoms with Gasteiger partial charge in [0.1, 0.15) is 0 Å².